The molecule has 3 aromatic carbocycles. The van der Waals surface area contributed by atoms with Crippen LogP contribution in [0.2, 0.25) is 0 Å². The molecular formula is C26H22N2O4S. The number of methoxy groups -OCH3 is 1. The lowest BCUT2D eigenvalue weighted by Crippen LogP contribution is -2.34. The van der Waals surface area contributed by atoms with Crippen LogP contribution >= 0.6 is 11.8 Å². The van der Waals surface area contributed by atoms with Crippen LogP contribution in [0.15, 0.2) is 76.5 Å². The zero-order valence-corrected chi connectivity index (χ0v) is 18.9. The van der Waals surface area contributed by atoms with Gasteiger partial charge in [0.25, 0.3) is 11.8 Å². The normalized spacial score (nSPS) is 12.2. The molecule has 2 amide bonds. The van der Waals surface area contributed by atoms with Gasteiger partial charge in [0.05, 0.1) is 25.0 Å². The molecule has 0 saturated heterocycles. The summed E-state index contributed by atoms with van der Waals surface area (Å²) in [6.45, 7) is 0.870. The first-order chi connectivity index (χ1) is 16.1. The average molecular weight is 459 g/mol. The third-order valence-electron chi connectivity index (χ3n) is 5.09. The molecule has 1 N–H and O–H groups in total. The number of carbonyl (C=O) groups excluding carboxylic acids is 2. The smallest absolute Gasteiger partial charge is 0.259 e. The Morgan fingerprint density at radius 1 is 1.09 bits per heavy atom. The van der Waals surface area contributed by atoms with Crippen molar-refractivity contribution in [1.29, 1.82) is 0 Å². The zero-order valence-electron chi connectivity index (χ0n) is 18.0. The monoisotopic (exact) mass is 458 g/mol. The summed E-state index contributed by atoms with van der Waals surface area (Å²) in [6, 6.07) is 19.9. The number of nitrogens with one attached hydrogen (secondary N) is 1. The average Bonchev–Trinajstić information content (AvgIpc) is 2.96. The molecule has 0 radical (unpaired) electrons. The number of benzene rings is 3. The van der Waals surface area contributed by atoms with E-state index in [-0.39, 0.29) is 18.4 Å². The summed E-state index contributed by atoms with van der Waals surface area (Å²) in [5.74, 6) is 2.79. The van der Waals surface area contributed by atoms with E-state index in [1.165, 1.54) is 11.8 Å². The lowest BCUT2D eigenvalue weighted by Gasteiger charge is -2.23. The summed E-state index contributed by atoms with van der Waals surface area (Å²) >= 11 is 1.49. The maximum atomic E-state index is 13.3. The summed E-state index contributed by atoms with van der Waals surface area (Å²) in [4.78, 5) is 29.4. The molecule has 1 aliphatic heterocycles. The van der Waals surface area contributed by atoms with Gasteiger partial charge in [-0.15, -0.1) is 6.42 Å². The Balaban J connectivity index is 1.62. The standard InChI is InChI=1S/C26H22N2O4S/c1-3-15-32-16-14-28-22-13-10-19(27-25(29)18-8-11-20(31-2)12-9-18)17-24(22)33-23-7-5-4-6-21(23)26(28)30/h1,4-13,17H,14-16H2,2H3,(H,27,29). The molecule has 0 fully saturated rings. The second kappa shape index (κ2) is 10.3. The predicted molar refractivity (Wildman–Crippen MR) is 129 cm³/mol. The van der Waals surface area contributed by atoms with Crippen molar-refractivity contribution in [3.63, 3.8) is 0 Å². The van der Waals surface area contributed by atoms with Gasteiger partial charge in [-0.3, -0.25) is 9.59 Å². The van der Waals surface area contributed by atoms with Crippen LogP contribution in [0.4, 0.5) is 11.4 Å². The molecule has 0 aromatic heterocycles. The van der Waals surface area contributed by atoms with E-state index in [1.807, 2.05) is 36.4 Å². The number of fused-ring (bicyclic) bond motifs is 2. The molecule has 0 aliphatic carbocycles. The second-order valence-electron chi connectivity index (χ2n) is 7.18. The van der Waals surface area contributed by atoms with Gasteiger partial charge in [0.15, 0.2) is 0 Å². The molecule has 4 rings (SSSR count). The van der Waals surface area contributed by atoms with Crippen LogP contribution < -0.4 is 15.0 Å². The number of hydrogen-bond donors (Lipinski definition) is 1. The lowest BCUT2D eigenvalue weighted by atomic mass is 10.1. The number of nitrogens with zero attached hydrogens (tertiary/aromatic N) is 1. The van der Waals surface area contributed by atoms with Crippen molar-refractivity contribution in [1.82, 2.24) is 0 Å². The van der Waals surface area contributed by atoms with Crippen LogP contribution in [0.5, 0.6) is 5.75 Å². The third kappa shape index (κ3) is 5.03. The van der Waals surface area contributed by atoms with Gasteiger partial charge < -0.3 is 19.7 Å². The van der Waals surface area contributed by atoms with Crippen molar-refractivity contribution in [2.75, 3.05) is 37.1 Å². The number of anilines is 2. The summed E-state index contributed by atoms with van der Waals surface area (Å²) in [5.41, 5.74) is 2.54. The number of rotatable bonds is 7. The summed E-state index contributed by atoms with van der Waals surface area (Å²) in [7, 11) is 1.58. The Morgan fingerprint density at radius 2 is 1.88 bits per heavy atom. The maximum Gasteiger partial charge on any atom is 0.259 e. The molecule has 166 valence electrons. The predicted octanol–water partition coefficient (Wildman–Crippen LogP) is 4.71. The second-order valence-corrected chi connectivity index (χ2v) is 8.26. The summed E-state index contributed by atoms with van der Waals surface area (Å²) < 4.78 is 10.6. The van der Waals surface area contributed by atoms with E-state index in [9.17, 15) is 9.59 Å². The maximum absolute atomic E-state index is 13.3. The molecule has 6 nitrogen and oxygen atoms in total. The number of carbonyl (C=O) groups is 2. The zero-order chi connectivity index (χ0) is 23.2. The first-order valence-corrected chi connectivity index (χ1v) is 11.1. The Morgan fingerprint density at radius 3 is 2.64 bits per heavy atom. The van der Waals surface area contributed by atoms with Gasteiger partial charge in [0, 0.05) is 27.6 Å². The van der Waals surface area contributed by atoms with Crippen molar-refractivity contribution in [3.8, 4) is 18.1 Å². The number of terminal acetylenes is 1. The van der Waals surface area contributed by atoms with Crippen LogP contribution in [0.3, 0.4) is 0 Å². The van der Waals surface area contributed by atoms with Gasteiger partial charge in [-0.1, -0.05) is 29.8 Å². The minimum absolute atomic E-state index is 0.101. The van der Waals surface area contributed by atoms with E-state index in [2.05, 4.69) is 11.2 Å². The van der Waals surface area contributed by atoms with Crippen molar-refractivity contribution < 1.29 is 19.1 Å². The van der Waals surface area contributed by atoms with E-state index < -0.39 is 0 Å². The van der Waals surface area contributed by atoms with Crippen molar-refractivity contribution in [2.45, 2.75) is 9.79 Å². The molecular weight excluding hydrogens is 436 g/mol. The fourth-order valence-electron chi connectivity index (χ4n) is 3.46. The third-order valence-corrected chi connectivity index (χ3v) is 6.21. The highest BCUT2D eigenvalue weighted by Crippen LogP contribution is 2.42. The van der Waals surface area contributed by atoms with Crippen LogP contribution in [-0.4, -0.2) is 38.7 Å². The van der Waals surface area contributed by atoms with E-state index in [1.54, 1.807) is 42.3 Å². The Hall–Kier alpha value is -3.73. The molecule has 1 aliphatic rings. The quantitative estimate of drug-likeness (QED) is 0.410. The lowest BCUT2D eigenvalue weighted by molar-refractivity contribution is 0.0967. The van der Waals surface area contributed by atoms with Crippen molar-refractivity contribution in [2.24, 2.45) is 0 Å². The van der Waals surface area contributed by atoms with Gasteiger partial charge >= 0.3 is 0 Å². The number of hydrogen-bond acceptors (Lipinski definition) is 5. The SMILES string of the molecule is C#CCOCCN1C(=O)c2ccccc2Sc2cc(NC(=O)c3ccc(OC)cc3)ccc21. The van der Waals surface area contributed by atoms with Crippen LogP contribution in [0, 0.1) is 12.3 Å². The van der Waals surface area contributed by atoms with Gasteiger partial charge in [0.1, 0.15) is 12.4 Å². The van der Waals surface area contributed by atoms with Crippen molar-refractivity contribution >= 4 is 35.0 Å². The molecule has 33 heavy (non-hydrogen) atoms. The summed E-state index contributed by atoms with van der Waals surface area (Å²) in [5, 5.41) is 2.93. The number of ether oxygens (including phenoxy) is 2. The summed E-state index contributed by atoms with van der Waals surface area (Å²) in [6.07, 6.45) is 5.25. The molecule has 3 aromatic rings. The van der Waals surface area contributed by atoms with Crippen molar-refractivity contribution in [3.05, 3.63) is 77.9 Å². The minimum atomic E-state index is -0.229. The van der Waals surface area contributed by atoms with Gasteiger partial charge in [-0.25, -0.2) is 0 Å². The van der Waals surface area contributed by atoms with E-state index in [4.69, 9.17) is 15.9 Å². The van der Waals surface area contributed by atoms with E-state index in [0.717, 1.165) is 15.5 Å². The molecule has 0 saturated carbocycles. The van der Waals surface area contributed by atoms with Crippen LogP contribution in [0.1, 0.15) is 20.7 Å². The Kier molecular flexibility index (Phi) is 6.98. The topological polar surface area (TPSA) is 67.9 Å². The molecule has 0 spiro atoms. The highest BCUT2D eigenvalue weighted by atomic mass is 32.2. The fourth-order valence-corrected chi connectivity index (χ4v) is 4.57. The van der Waals surface area contributed by atoms with Crippen LogP contribution in [0.25, 0.3) is 0 Å². The molecule has 7 heteroatoms. The highest BCUT2D eigenvalue weighted by Gasteiger charge is 2.27. The Bertz CT molecular complexity index is 1220. The minimum Gasteiger partial charge on any atom is -0.497 e. The molecule has 0 unspecified atom stereocenters. The molecule has 0 bridgehead atoms. The number of amides is 2. The van der Waals surface area contributed by atoms with E-state index >= 15 is 0 Å². The van der Waals surface area contributed by atoms with Crippen LogP contribution in [-0.2, 0) is 4.74 Å². The highest BCUT2D eigenvalue weighted by molar-refractivity contribution is 7.99. The van der Waals surface area contributed by atoms with Gasteiger partial charge in [0.2, 0.25) is 0 Å². The molecule has 1 heterocycles. The van der Waals surface area contributed by atoms with Gasteiger partial charge in [-0.2, -0.15) is 0 Å². The van der Waals surface area contributed by atoms with E-state index in [0.29, 0.717) is 35.7 Å². The van der Waals surface area contributed by atoms with Gasteiger partial charge in [-0.05, 0) is 54.6 Å². The fraction of sp³-hybridized carbons (Fsp3) is 0.154. The molecule has 0 atom stereocenters. The first kappa shape index (κ1) is 22.5. The first-order valence-electron chi connectivity index (χ1n) is 10.3. The largest absolute Gasteiger partial charge is 0.497 e. The Labute approximate surface area is 196 Å².